The summed E-state index contributed by atoms with van der Waals surface area (Å²) in [6.07, 6.45) is 4.44. The summed E-state index contributed by atoms with van der Waals surface area (Å²) in [5.41, 5.74) is 1.85. The molecule has 0 bridgehead atoms. The Bertz CT molecular complexity index is 1160. The minimum Gasteiger partial charge on any atom is -0.292 e. The number of carbonyl (C=O) groups excluding carboxylic acids is 1. The van der Waals surface area contributed by atoms with Gasteiger partial charge in [-0.1, -0.05) is 13.8 Å². The largest absolute Gasteiger partial charge is 0.292 e. The van der Waals surface area contributed by atoms with Gasteiger partial charge in [-0.2, -0.15) is 0 Å². The van der Waals surface area contributed by atoms with Crippen LogP contribution in [0.2, 0.25) is 0 Å². The molecule has 1 atom stereocenters. The fraction of sp³-hybridized carbons (Fsp3) is 0.435. The molecule has 4 rings (SSSR count). The molecule has 0 saturated heterocycles. The summed E-state index contributed by atoms with van der Waals surface area (Å²) in [4.78, 5) is 33.2. The first-order valence-electron chi connectivity index (χ1n) is 10.2. The van der Waals surface area contributed by atoms with Crippen molar-refractivity contribution in [3.05, 3.63) is 61.8 Å². The van der Waals surface area contributed by atoms with Crippen LogP contribution in [0.3, 0.4) is 0 Å². The molecule has 2 heterocycles. The number of nitrogens with zero attached hydrogens (tertiary/aromatic N) is 2. The van der Waals surface area contributed by atoms with Crippen molar-refractivity contribution in [3.8, 4) is 0 Å². The number of aryl methyl sites for hydroxylation is 3. The normalized spacial score (nSPS) is 16.2. The summed E-state index contributed by atoms with van der Waals surface area (Å²) in [6, 6.07) is 4.33. The highest BCUT2D eigenvalue weighted by molar-refractivity contribution is 7.18. The molecule has 29 heavy (non-hydrogen) atoms. The molecular weight excluding hydrogens is 387 g/mol. The Balaban J connectivity index is 1.80. The molecule has 0 saturated carbocycles. The molecule has 1 unspecified atom stereocenters. The van der Waals surface area contributed by atoms with E-state index in [4.69, 9.17) is 4.98 Å². The molecule has 1 aliphatic carbocycles. The molecule has 6 heteroatoms. The van der Waals surface area contributed by atoms with Crippen molar-refractivity contribution >= 4 is 27.3 Å². The van der Waals surface area contributed by atoms with Gasteiger partial charge in [0, 0.05) is 16.9 Å². The van der Waals surface area contributed by atoms with E-state index in [2.05, 4.69) is 6.92 Å². The minimum atomic E-state index is -0.340. The predicted molar refractivity (Wildman–Crippen MR) is 115 cm³/mol. The SMILES string of the molecule is CCCc1nc2sc3c(c2c(=O)n1CC(=O)c1ccc(F)c(C)c1)CCC(C)C3. The maximum Gasteiger partial charge on any atom is 0.262 e. The Labute approximate surface area is 173 Å². The van der Waals surface area contributed by atoms with Crippen LogP contribution in [0, 0.1) is 18.7 Å². The van der Waals surface area contributed by atoms with Crippen molar-refractivity contribution in [1.82, 2.24) is 9.55 Å². The predicted octanol–water partition coefficient (Wildman–Crippen LogP) is 4.87. The lowest BCUT2D eigenvalue weighted by Gasteiger charge is -2.17. The lowest BCUT2D eigenvalue weighted by atomic mass is 9.89. The van der Waals surface area contributed by atoms with Gasteiger partial charge in [0.2, 0.25) is 0 Å². The second-order valence-electron chi connectivity index (χ2n) is 8.09. The van der Waals surface area contributed by atoms with Gasteiger partial charge in [0.1, 0.15) is 16.5 Å². The quantitative estimate of drug-likeness (QED) is 0.562. The average Bonchev–Trinajstić information content (AvgIpc) is 3.04. The van der Waals surface area contributed by atoms with E-state index in [9.17, 15) is 14.0 Å². The van der Waals surface area contributed by atoms with Crippen molar-refractivity contribution < 1.29 is 9.18 Å². The van der Waals surface area contributed by atoms with Gasteiger partial charge in [0.05, 0.1) is 11.9 Å². The number of carbonyl (C=O) groups is 1. The van der Waals surface area contributed by atoms with Crippen LogP contribution in [0.4, 0.5) is 4.39 Å². The number of halogens is 1. The molecule has 1 aromatic carbocycles. The fourth-order valence-corrected chi connectivity index (χ4v) is 5.49. The number of hydrogen-bond acceptors (Lipinski definition) is 4. The second kappa shape index (κ2) is 7.82. The van der Waals surface area contributed by atoms with E-state index in [1.54, 1.807) is 24.3 Å². The molecule has 4 nitrogen and oxygen atoms in total. The first-order chi connectivity index (χ1) is 13.9. The zero-order valence-electron chi connectivity index (χ0n) is 17.0. The molecule has 0 amide bonds. The van der Waals surface area contributed by atoms with Gasteiger partial charge in [-0.3, -0.25) is 14.2 Å². The summed E-state index contributed by atoms with van der Waals surface area (Å²) in [5.74, 6) is 0.735. The smallest absolute Gasteiger partial charge is 0.262 e. The van der Waals surface area contributed by atoms with Crippen molar-refractivity contribution in [2.24, 2.45) is 5.92 Å². The topological polar surface area (TPSA) is 52.0 Å². The Morgan fingerprint density at radius 2 is 2.17 bits per heavy atom. The highest BCUT2D eigenvalue weighted by atomic mass is 32.1. The molecule has 1 aliphatic rings. The number of fused-ring (bicyclic) bond motifs is 3. The van der Waals surface area contributed by atoms with Crippen molar-refractivity contribution in [1.29, 1.82) is 0 Å². The third-order valence-electron chi connectivity index (χ3n) is 5.75. The van der Waals surface area contributed by atoms with E-state index < -0.39 is 0 Å². The first kappa shape index (κ1) is 20.0. The summed E-state index contributed by atoms with van der Waals surface area (Å²) in [6.45, 7) is 5.84. The van der Waals surface area contributed by atoms with Crippen LogP contribution in [0.25, 0.3) is 10.2 Å². The zero-order valence-corrected chi connectivity index (χ0v) is 17.9. The van der Waals surface area contributed by atoms with E-state index in [1.807, 2.05) is 6.92 Å². The molecule has 152 valence electrons. The lowest BCUT2D eigenvalue weighted by Crippen LogP contribution is -2.29. The minimum absolute atomic E-state index is 0.0663. The van der Waals surface area contributed by atoms with Gasteiger partial charge < -0.3 is 0 Å². The fourth-order valence-electron chi connectivity index (χ4n) is 4.10. The number of aromatic nitrogens is 2. The first-order valence-corrected chi connectivity index (χ1v) is 11.0. The van der Waals surface area contributed by atoms with Gasteiger partial charge in [-0.25, -0.2) is 9.37 Å². The third-order valence-corrected chi connectivity index (χ3v) is 6.90. The number of hydrogen-bond donors (Lipinski definition) is 0. The van der Waals surface area contributed by atoms with Crippen molar-refractivity contribution in [2.45, 2.75) is 59.4 Å². The molecule has 3 aromatic rings. The number of rotatable bonds is 5. The van der Waals surface area contributed by atoms with Crippen LogP contribution in [0.5, 0.6) is 0 Å². The van der Waals surface area contributed by atoms with E-state index in [-0.39, 0.29) is 23.7 Å². The molecule has 0 spiro atoms. The van der Waals surface area contributed by atoms with E-state index in [0.29, 0.717) is 34.7 Å². The molecule has 0 aliphatic heterocycles. The number of thiophene rings is 1. The monoisotopic (exact) mass is 412 g/mol. The van der Waals surface area contributed by atoms with E-state index >= 15 is 0 Å². The van der Waals surface area contributed by atoms with Crippen molar-refractivity contribution in [2.75, 3.05) is 0 Å². The maximum absolute atomic E-state index is 13.6. The van der Waals surface area contributed by atoms with Crippen LogP contribution < -0.4 is 5.56 Å². The van der Waals surface area contributed by atoms with Gasteiger partial charge in [0.15, 0.2) is 5.78 Å². The van der Waals surface area contributed by atoms with E-state index in [0.717, 1.165) is 36.1 Å². The third kappa shape index (κ3) is 3.66. The van der Waals surface area contributed by atoms with Gasteiger partial charge >= 0.3 is 0 Å². The molecule has 0 radical (unpaired) electrons. The number of Topliss-reactive ketones (excluding diaryl/α,β-unsaturated/α-hetero) is 1. The molecular formula is C23H25FN2O2S. The summed E-state index contributed by atoms with van der Waals surface area (Å²) < 4.78 is 15.1. The van der Waals surface area contributed by atoms with Crippen LogP contribution in [-0.4, -0.2) is 15.3 Å². The van der Waals surface area contributed by atoms with Crippen molar-refractivity contribution in [3.63, 3.8) is 0 Å². The summed E-state index contributed by atoms with van der Waals surface area (Å²) in [7, 11) is 0. The summed E-state index contributed by atoms with van der Waals surface area (Å²) in [5, 5.41) is 0.694. The van der Waals surface area contributed by atoms with Gasteiger partial charge in [-0.15, -0.1) is 11.3 Å². The highest BCUT2D eigenvalue weighted by Gasteiger charge is 2.25. The van der Waals surface area contributed by atoms with Crippen LogP contribution >= 0.6 is 11.3 Å². The lowest BCUT2D eigenvalue weighted by molar-refractivity contribution is 0.0969. The number of benzene rings is 1. The van der Waals surface area contributed by atoms with Gasteiger partial charge in [-0.05, 0) is 67.9 Å². The second-order valence-corrected chi connectivity index (χ2v) is 9.17. The van der Waals surface area contributed by atoms with Crippen LogP contribution in [0.15, 0.2) is 23.0 Å². The Morgan fingerprint density at radius 1 is 1.38 bits per heavy atom. The summed E-state index contributed by atoms with van der Waals surface area (Å²) >= 11 is 1.63. The Morgan fingerprint density at radius 3 is 2.90 bits per heavy atom. The van der Waals surface area contributed by atoms with E-state index in [1.165, 1.54) is 21.6 Å². The molecule has 2 aromatic heterocycles. The molecule has 0 fully saturated rings. The van der Waals surface area contributed by atoms with Crippen LogP contribution in [-0.2, 0) is 25.8 Å². The standard InChI is InChI=1S/C23H25FN2O2S/c1-4-5-20-25-22-21(16-8-6-13(2)10-19(16)29-22)23(28)26(20)12-18(27)15-7-9-17(24)14(3)11-15/h7,9,11,13H,4-6,8,10,12H2,1-3H3. The number of ketones is 1. The zero-order chi connectivity index (χ0) is 20.7. The van der Waals surface area contributed by atoms with Gasteiger partial charge in [0.25, 0.3) is 5.56 Å². The Hall–Kier alpha value is -2.34. The average molecular weight is 413 g/mol. The molecule has 0 N–H and O–H groups in total. The Kier molecular flexibility index (Phi) is 5.38. The van der Waals surface area contributed by atoms with Crippen LogP contribution in [0.1, 0.15) is 58.9 Å². The maximum atomic E-state index is 13.6. The highest BCUT2D eigenvalue weighted by Crippen LogP contribution is 2.35.